The van der Waals surface area contributed by atoms with E-state index in [2.05, 4.69) is 32.9 Å². The fourth-order valence-electron chi connectivity index (χ4n) is 3.03. The van der Waals surface area contributed by atoms with Crippen LogP contribution in [0, 0.1) is 6.92 Å². The molecule has 0 atom stereocenters. The maximum absolute atomic E-state index is 6.04. The van der Waals surface area contributed by atoms with Gasteiger partial charge in [0.15, 0.2) is 5.58 Å². The maximum atomic E-state index is 6.04. The SMILES string of the molecule is CCCc1nc(C)c2oc3ccccc3c2c1CCC. The van der Waals surface area contributed by atoms with E-state index < -0.39 is 0 Å². The predicted molar refractivity (Wildman–Crippen MR) is 84.2 cm³/mol. The molecule has 0 spiro atoms. The molecule has 0 aliphatic heterocycles. The highest BCUT2D eigenvalue weighted by Gasteiger charge is 2.17. The first-order valence-corrected chi connectivity index (χ1v) is 7.55. The molecule has 0 unspecified atom stereocenters. The van der Waals surface area contributed by atoms with Crippen molar-refractivity contribution in [3.8, 4) is 0 Å². The van der Waals surface area contributed by atoms with Gasteiger partial charge in [-0.2, -0.15) is 0 Å². The molecule has 3 rings (SSSR count). The summed E-state index contributed by atoms with van der Waals surface area (Å²) in [6.45, 7) is 6.49. The lowest BCUT2D eigenvalue weighted by atomic mass is 9.98. The van der Waals surface area contributed by atoms with E-state index in [4.69, 9.17) is 9.40 Å². The number of hydrogen-bond donors (Lipinski definition) is 0. The molecule has 0 aliphatic rings. The van der Waals surface area contributed by atoms with Gasteiger partial charge in [0.1, 0.15) is 5.58 Å². The molecule has 0 fully saturated rings. The first-order chi connectivity index (χ1) is 9.76. The van der Waals surface area contributed by atoms with Crippen molar-refractivity contribution in [3.05, 3.63) is 41.2 Å². The molecular weight excluding hydrogens is 246 g/mol. The van der Waals surface area contributed by atoms with Crippen molar-refractivity contribution in [3.63, 3.8) is 0 Å². The van der Waals surface area contributed by atoms with E-state index in [9.17, 15) is 0 Å². The summed E-state index contributed by atoms with van der Waals surface area (Å²) >= 11 is 0. The lowest BCUT2D eigenvalue weighted by molar-refractivity contribution is 0.660. The van der Waals surface area contributed by atoms with Crippen molar-refractivity contribution in [1.29, 1.82) is 0 Å². The quantitative estimate of drug-likeness (QED) is 0.649. The highest BCUT2D eigenvalue weighted by molar-refractivity contribution is 6.07. The molecule has 2 aromatic heterocycles. The van der Waals surface area contributed by atoms with Crippen LogP contribution in [-0.2, 0) is 12.8 Å². The zero-order valence-corrected chi connectivity index (χ0v) is 12.5. The number of fused-ring (bicyclic) bond motifs is 3. The van der Waals surface area contributed by atoms with E-state index in [1.165, 1.54) is 22.0 Å². The van der Waals surface area contributed by atoms with E-state index in [0.717, 1.165) is 42.5 Å². The van der Waals surface area contributed by atoms with Gasteiger partial charge in [-0.05, 0) is 31.4 Å². The van der Waals surface area contributed by atoms with Crippen molar-refractivity contribution in [2.45, 2.75) is 46.5 Å². The van der Waals surface area contributed by atoms with Crippen molar-refractivity contribution >= 4 is 21.9 Å². The van der Waals surface area contributed by atoms with E-state index in [1.54, 1.807) is 0 Å². The second-order valence-electron chi connectivity index (χ2n) is 5.42. The molecule has 20 heavy (non-hydrogen) atoms. The van der Waals surface area contributed by atoms with Crippen LogP contribution >= 0.6 is 0 Å². The number of rotatable bonds is 4. The molecule has 0 saturated heterocycles. The fraction of sp³-hybridized carbons (Fsp3) is 0.389. The zero-order valence-electron chi connectivity index (χ0n) is 12.5. The highest BCUT2D eigenvalue weighted by atomic mass is 16.3. The van der Waals surface area contributed by atoms with Crippen molar-refractivity contribution < 1.29 is 4.42 Å². The van der Waals surface area contributed by atoms with Crippen LogP contribution in [0.1, 0.15) is 43.6 Å². The van der Waals surface area contributed by atoms with Gasteiger partial charge < -0.3 is 4.42 Å². The van der Waals surface area contributed by atoms with Crippen molar-refractivity contribution in [2.75, 3.05) is 0 Å². The smallest absolute Gasteiger partial charge is 0.156 e. The lowest BCUT2D eigenvalue weighted by Crippen LogP contribution is -2.01. The minimum absolute atomic E-state index is 0.967. The third kappa shape index (κ3) is 2.00. The van der Waals surface area contributed by atoms with Gasteiger partial charge in [0.05, 0.1) is 5.69 Å². The number of para-hydroxylation sites is 1. The summed E-state index contributed by atoms with van der Waals surface area (Å²) < 4.78 is 6.04. The van der Waals surface area contributed by atoms with Gasteiger partial charge in [-0.1, -0.05) is 44.9 Å². The van der Waals surface area contributed by atoms with E-state index >= 15 is 0 Å². The second kappa shape index (κ2) is 5.28. The number of benzene rings is 1. The third-order valence-corrected chi connectivity index (χ3v) is 3.86. The van der Waals surface area contributed by atoms with Crippen LogP contribution in [-0.4, -0.2) is 4.98 Å². The molecule has 0 N–H and O–H groups in total. The normalized spacial score (nSPS) is 11.6. The van der Waals surface area contributed by atoms with Crippen LogP contribution in [0.5, 0.6) is 0 Å². The van der Waals surface area contributed by atoms with E-state index in [1.807, 2.05) is 12.1 Å². The molecule has 104 valence electrons. The fourth-order valence-corrected chi connectivity index (χ4v) is 3.03. The predicted octanol–water partition coefficient (Wildman–Crippen LogP) is 5.19. The topological polar surface area (TPSA) is 26.0 Å². The van der Waals surface area contributed by atoms with E-state index in [0.29, 0.717) is 0 Å². The summed E-state index contributed by atoms with van der Waals surface area (Å²) in [4.78, 5) is 4.81. The molecule has 0 amide bonds. The highest BCUT2D eigenvalue weighted by Crippen LogP contribution is 2.34. The number of nitrogens with zero attached hydrogens (tertiary/aromatic N) is 1. The molecule has 0 bridgehead atoms. The summed E-state index contributed by atoms with van der Waals surface area (Å²) in [5, 5.41) is 2.52. The van der Waals surface area contributed by atoms with Gasteiger partial charge in [-0.3, -0.25) is 4.98 Å². The van der Waals surface area contributed by atoms with Crippen LogP contribution in [0.2, 0.25) is 0 Å². The molecule has 0 radical (unpaired) electrons. The molecule has 2 heterocycles. The Morgan fingerprint density at radius 3 is 2.55 bits per heavy atom. The Kier molecular flexibility index (Phi) is 3.47. The summed E-state index contributed by atoms with van der Waals surface area (Å²) in [7, 11) is 0. The Balaban J connectivity index is 2.42. The Labute approximate surface area is 119 Å². The second-order valence-corrected chi connectivity index (χ2v) is 5.42. The molecule has 3 aromatic rings. The Hall–Kier alpha value is -1.83. The first-order valence-electron chi connectivity index (χ1n) is 7.55. The number of aryl methyl sites for hydroxylation is 3. The average molecular weight is 267 g/mol. The first kappa shape index (κ1) is 13.2. The van der Waals surface area contributed by atoms with Gasteiger partial charge in [-0.15, -0.1) is 0 Å². The summed E-state index contributed by atoms with van der Waals surface area (Å²) in [5.74, 6) is 0. The number of hydrogen-bond acceptors (Lipinski definition) is 2. The summed E-state index contributed by atoms with van der Waals surface area (Å²) in [5.41, 5.74) is 5.60. The number of furan rings is 1. The molecular formula is C18H21NO. The Bertz CT molecular complexity index is 755. The van der Waals surface area contributed by atoms with Gasteiger partial charge in [0, 0.05) is 16.5 Å². The number of pyridine rings is 1. The van der Waals surface area contributed by atoms with Gasteiger partial charge in [-0.25, -0.2) is 0 Å². The molecule has 2 heteroatoms. The van der Waals surface area contributed by atoms with Gasteiger partial charge in [0.25, 0.3) is 0 Å². The van der Waals surface area contributed by atoms with Gasteiger partial charge >= 0.3 is 0 Å². The summed E-state index contributed by atoms with van der Waals surface area (Å²) in [6.07, 6.45) is 4.38. The number of aromatic nitrogens is 1. The minimum atomic E-state index is 0.967. The molecule has 0 aliphatic carbocycles. The summed E-state index contributed by atoms with van der Waals surface area (Å²) in [6, 6.07) is 8.32. The zero-order chi connectivity index (χ0) is 14.1. The monoisotopic (exact) mass is 267 g/mol. The van der Waals surface area contributed by atoms with Crippen LogP contribution in [0.15, 0.2) is 28.7 Å². The molecule has 1 aromatic carbocycles. The molecule has 0 saturated carbocycles. The van der Waals surface area contributed by atoms with Crippen LogP contribution in [0.4, 0.5) is 0 Å². The van der Waals surface area contributed by atoms with Gasteiger partial charge in [0.2, 0.25) is 0 Å². The van der Waals surface area contributed by atoms with E-state index in [-0.39, 0.29) is 0 Å². The average Bonchev–Trinajstić information content (AvgIpc) is 2.83. The Morgan fingerprint density at radius 1 is 1.05 bits per heavy atom. The minimum Gasteiger partial charge on any atom is -0.454 e. The Morgan fingerprint density at radius 2 is 1.80 bits per heavy atom. The van der Waals surface area contributed by atoms with Crippen LogP contribution in [0.25, 0.3) is 21.9 Å². The standard InChI is InChI=1S/C18H21NO/c1-4-8-13-15(9-5-2)19-12(3)18-17(13)14-10-6-7-11-16(14)20-18/h6-7,10-11H,4-5,8-9H2,1-3H3. The molecule has 2 nitrogen and oxygen atoms in total. The largest absolute Gasteiger partial charge is 0.454 e. The van der Waals surface area contributed by atoms with Crippen molar-refractivity contribution in [2.24, 2.45) is 0 Å². The third-order valence-electron chi connectivity index (χ3n) is 3.86. The van der Waals surface area contributed by atoms with Crippen LogP contribution in [0.3, 0.4) is 0 Å². The maximum Gasteiger partial charge on any atom is 0.156 e. The lowest BCUT2D eigenvalue weighted by Gasteiger charge is -2.10. The van der Waals surface area contributed by atoms with Crippen molar-refractivity contribution in [1.82, 2.24) is 4.98 Å². The van der Waals surface area contributed by atoms with Crippen LogP contribution < -0.4 is 0 Å².